The van der Waals surface area contributed by atoms with Crippen LogP contribution in [0, 0.1) is 6.92 Å². The molecule has 0 spiro atoms. The second-order valence-corrected chi connectivity index (χ2v) is 4.23. The highest BCUT2D eigenvalue weighted by molar-refractivity contribution is 5.24. The van der Waals surface area contributed by atoms with Crippen LogP contribution in [0.2, 0.25) is 0 Å². The van der Waals surface area contributed by atoms with Gasteiger partial charge in [0.05, 0.1) is 13.2 Å². The molecule has 0 radical (unpaired) electrons. The first-order valence-corrected chi connectivity index (χ1v) is 5.72. The fraction of sp³-hybridized carbons (Fsp3) is 0.538. The summed E-state index contributed by atoms with van der Waals surface area (Å²) in [6, 6.07) is 8.98. The zero-order valence-electron chi connectivity index (χ0n) is 9.33. The van der Waals surface area contributed by atoms with Gasteiger partial charge in [0.15, 0.2) is 0 Å². The molecule has 1 aliphatic heterocycles. The summed E-state index contributed by atoms with van der Waals surface area (Å²) in [7, 11) is 0. The van der Waals surface area contributed by atoms with Crippen molar-refractivity contribution in [1.82, 2.24) is 5.32 Å². The molecule has 1 fully saturated rings. The third-order valence-corrected chi connectivity index (χ3v) is 3.00. The van der Waals surface area contributed by atoms with E-state index in [2.05, 4.69) is 36.5 Å². The van der Waals surface area contributed by atoms with E-state index in [-0.39, 0.29) is 0 Å². The van der Waals surface area contributed by atoms with Gasteiger partial charge in [0.1, 0.15) is 0 Å². The lowest BCUT2D eigenvalue weighted by molar-refractivity contribution is 0.103. The molecule has 2 heteroatoms. The molecule has 1 aromatic rings. The van der Waals surface area contributed by atoms with Gasteiger partial charge in [0, 0.05) is 6.04 Å². The minimum atomic E-state index is 0.578. The molecule has 15 heavy (non-hydrogen) atoms. The number of rotatable bonds is 4. The molecule has 82 valence electrons. The van der Waals surface area contributed by atoms with Crippen LogP contribution < -0.4 is 5.32 Å². The molecule has 0 aliphatic carbocycles. The van der Waals surface area contributed by atoms with Crippen molar-refractivity contribution in [3.8, 4) is 0 Å². The Balaban J connectivity index is 1.75. The van der Waals surface area contributed by atoms with Crippen molar-refractivity contribution in [3.05, 3.63) is 35.4 Å². The summed E-state index contributed by atoms with van der Waals surface area (Å²) in [4.78, 5) is 0. The van der Waals surface area contributed by atoms with Gasteiger partial charge in [-0.25, -0.2) is 0 Å². The SMILES string of the molecule is Cc1ccccc1COCC1CCCN1. The largest absolute Gasteiger partial charge is 0.375 e. The third kappa shape index (κ3) is 3.05. The van der Waals surface area contributed by atoms with E-state index in [1.165, 1.54) is 24.0 Å². The number of benzene rings is 1. The van der Waals surface area contributed by atoms with E-state index >= 15 is 0 Å². The van der Waals surface area contributed by atoms with Crippen LogP contribution >= 0.6 is 0 Å². The van der Waals surface area contributed by atoms with Crippen LogP contribution in [0.25, 0.3) is 0 Å². The summed E-state index contributed by atoms with van der Waals surface area (Å²) in [5.41, 5.74) is 2.62. The molecule has 1 aromatic carbocycles. The van der Waals surface area contributed by atoms with Gasteiger partial charge in [0.2, 0.25) is 0 Å². The number of nitrogens with one attached hydrogen (secondary N) is 1. The van der Waals surface area contributed by atoms with Crippen molar-refractivity contribution < 1.29 is 4.74 Å². The molecular weight excluding hydrogens is 186 g/mol. The molecule has 1 unspecified atom stereocenters. The Morgan fingerprint density at radius 2 is 2.27 bits per heavy atom. The molecule has 1 aliphatic rings. The molecule has 1 saturated heterocycles. The van der Waals surface area contributed by atoms with Crippen molar-refractivity contribution >= 4 is 0 Å². The van der Waals surface area contributed by atoms with Crippen molar-refractivity contribution in [3.63, 3.8) is 0 Å². The van der Waals surface area contributed by atoms with Gasteiger partial charge < -0.3 is 10.1 Å². The van der Waals surface area contributed by atoms with E-state index in [0.717, 1.165) is 19.8 Å². The first-order valence-electron chi connectivity index (χ1n) is 5.72. The lowest BCUT2D eigenvalue weighted by Gasteiger charge is -2.11. The Labute approximate surface area is 91.6 Å². The van der Waals surface area contributed by atoms with Gasteiger partial charge in [-0.05, 0) is 37.4 Å². The lowest BCUT2D eigenvalue weighted by Crippen LogP contribution is -2.26. The van der Waals surface area contributed by atoms with Gasteiger partial charge in [0.25, 0.3) is 0 Å². The zero-order chi connectivity index (χ0) is 10.5. The molecule has 0 saturated carbocycles. The molecule has 0 bridgehead atoms. The molecule has 1 N–H and O–H groups in total. The van der Waals surface area contributed by atoms with E-state index in [1.54, 1.807) is 0 Å². The van der Waals surface area contributed by atoms with Crippen LogP contribution in [0.3, 0.4) is 0 Å². The van der Waals surface area contributed by atoms with E-state index in [1.807, 2.05) is 0 Å². The second-order valence-electron chi connectivity index (χ2n) is 4.23. The van der Waals surface area contributed by atoms with Crippen LogP contribution in [-0.2, 0) is 11.3 Å². The average molecular weight is 205 g/mol. The first kappa shape index (κ1) is 10.7. The summed E-state index contributed by atoms with van der Waals surface area (Å²) in [5.74, 6) is 0. The molecule has 1 heterocycles. The average Bonchev–Trinajstić information content (AvgIpc) is 2.74. The molecule has 1 atom stereocenters. The van der Waals surface area contributed by atoms with Crippen molar-refractivity contribution in [2.45, 2.75) is 32.4 Å². The van der Waals surface area contributed by atoms with Crippen LogP contribution in [-0.4, -0.2) is 19.2 Å². The van der Waals surface area contributed by atoms with E-state index in [4.69, 9.17) is 4.74 Å². The molecular formula is C13H19NO. The molecule has 0 amide bonds. The van der Waals surface area contributed by atoms with Crippen molar-refractivity contribution in [2.75, 3.05) is 13.2 Å². The zero-order valence-corrected chi connectivity index (χ0v) is 9.33. The molecule has 2 nitrogen and oxygen atoms in total. The number of hydrogen-bond donors (Lipinski definition) is 1. The summed E-state index contributed by atoms with van der Waals surface area (Å²) in [6.07, 6.45) is 2.55. The predicted molar refractivity (Wildman–Crippen MR) is 61.9 cm³/mol. The molecule has 0 aromatic heterocycles. The smallest absolute Gasteiger partial charge is 0.0720 e. The maximum Gasteiger partial charge on any atom is 0.0720 e. The Morgan fingerprint density at radius 1 is 1.40 bits per heavy atom. The highest BCUT2D eigenvalue weighted by atomic mass is 16.5. The van der Waals surface area contributed by atoms with Gasteiger partial charge in [-0.15, -0.1) is 0 Å². The fourth-order valence-corrected chi connectivity index (χ4v) is 1.98. The Morgan fingerprint density at radius 3 is 3.00 bits per heavy atom. The maximum absolute atomic E-state index is 5.72. The summed E-state index contributed by atoms with van der Waals surface area (Å²) in [6.45, 7) is 4.87. The quantitative estimate of drug-likeness (QED) is 0.814. The summed E-state index contributed by atoms with van der Waals surface area (Å²) in [5, 5.41) is 3.43. The highest BCUT2D eigenvalue weighted by Crippen LogP contribution is 2.10. The van der Waals surface area contributed by atoms with Gasteiger partial charge in [-0.1, -0.05) is 24.3 Å². The van der Waals surface area contributed by atoms with E-state index in [9.17, 15) is 0 Å². The second kappa shape index (κ2) is 5.29. The predicted octanol–water partition coefficient (Wildman–Crippen LogP) is 2.26. The van der Waals surface area contributed by atoms with Crippen LogP contribution in [0.1, 0.15) is 24.0 Å². The third-order valence-electron chi connectivity index (χ3n) is 3.00. The first-order chi connectivity index (χ1) is 7.36. The van der Waals surface area contributed by atoms with Gasteiger partial charge in [-0.2, -0.15) is 0 Å². The Hall–Kier alpha value is -0.860. The van der Waals surface area contributed by atoms with Crippen LogP contribution in [0.15, 0.2) is 24.3 Å². The van der Waals surface area contributed by atoms with Crippen molar-refractivity contribution in [1.29, 1.82) is 0 Å². The summed E-state index contributed by atoms with van der Waals surface area (Å²) < 4.78 is 5.72. The topological polar surface area (TPSA) is 21.3 Å². The lowest BCUT2D eigenvalue weighted by atomic mass is 10.1. The number of hydrogen-bond acceptors (Lipinski definition) is 2. The van der Waals surface area contributed by atoms with E-state index < -0.39 is 0 Å². The minimum absolute atomic E-state index is 0.578. The number of ether oxygens (including phenoxy) is 1. The minimum Gasteiger partial charge on any atom is -0.375 e. The number of aryl methyl sites for hydroxylation is 1. The highest BCUT2D eigenvalue weighted by Gasteiger charge is 2.13. The fourth-order valence-electron chi connectivity index (χ4n) is 1.98. The van der Waals surface area contributed by atoms with Crippen molar-refractivity contribution in [2.24, 2.45) is 0 Å². The van der Waals surface area contributed by atoms with Crippen LogP contribution in [0.5, 0.6) is 0 Å². The standard InChI is InChI=1S/C13H19NO/c1-11-5-2-3-6-12(11)9-15-10-13-7-4-8-14-13/h2-3,5-6,13-14H,4,7-10H2,1H3. The monoisotopic (exact) mass is 205 g/mol. The maximum atomic E-state index is 5.72. The Kier molecular flexibility index (Phi) is 3.75. The van der Waals surface area contributed by atoms with Gasteiger partial charge >= 0.3 is 0 Å². The Bertz CT molecular complexity index is 305. The van der Waals surface area contributed by atoms with Gasteiger partial charge in [-0.3, -0.25) is 0 Å². The summed E-state index contributed by atoms with van der Waals surface area (Å²) >= 11 is 0. The van der Waals surface area contributed by atoms with E-state index in [0.29, 0.717) is 6.04 Å². The van der Waals surface area contributed by atoms with Crippen LogP contribution in [0.4, 0.5) is 0 Å². The molecule has 2 rings (SSSR count). The normalized spacial score (nSPS) is 20.7.